The molecule has 1 aliphatic heterocycles. The first-order chi connectivity index (χ1) is 15.7. The summed E-state index contributed by atoms with van der Waals surface area (Å²) < 4.78 is 39.0. The summed E-state index contributed by atoms with van der Waals surface area (Å²) in [6.45, 7) is 3.57. The second kappa shape index (κ2) is 10.6. The number of carboxylic acid groups (broad SMARTS) is 1. The topological polar surface area (TPSA) is 103 Å². The van der Waals surface area contributed by atoms with Crippen molar-refractivity contribution in [3.05, 3.63) is 64.9 Å². The predicted molar refractivity (Wildman–Crippen MR) is 109 cm³/mol. The number of aromatic nitrogens is 2. The molecule has 1 aliphatic rings. The number of pyridine rings is 1. The van der Waals surface area contributed by atoms with Gasteiger partial charge in [0.2, 0.25) is 5.69 Å². The van der Waals surface area contributed by atoms with Gasteiger partial charge in [0, 0.05) is 11.6 Å². The number of aromatic amines is 1. The van der Waals surface area contributed by atoms with Gasteiger partial charge in [0.1, 0.15) is 25.3 Å². The van der Waals surface area contributed by atoms with Crippen LogP contribution in [0.15, 0.2) is 48.7 Å². The molecule has 1 aromatic carbocycles. The summed E-state index contributed by atoms with van der Waals surface area (Å²) >= 11 is 6.18. The fraction of sp³-hybridized carbons (Fsp3) is 0.286. The number of imidazole rings is 1. The number of quaternary nitrogens is 1. The van der Waals surface area contributed by atoms with Gasteiger partial charge in [0.25, 0.3) is 5.91 Å². The van der Waals surface area contributed by atoms with E-state index in [1.54, 1.807) is 0 Å². The SMILES string of the molecule is O=C(NCc1ccccc1Cl)c1[nH]c([NH+]2CCOCC2)[n+]2ccccc12.O=C([O-])C(F)(F)F. The number of alkyl halides is 3. The summed E-state index contributed by atoms with van der Waals surface area (Å²) in [7, 11) is 0. The zero-order valence-corrected chi connectivity index (χ0v) is 18.0. The smallest absolute Gasteiger partial charge is 0.457 e. The van der Waals surface area contributed by atoms with Crippen molar-refractivity contribution in [1.82, 2.24) is 10.3 Å². The van der Waals surface area contributed by atoms with Crippen molar-refractivity contribution < 1.29 is 41.9 Å². The Morgan fingerprint density at radius 2 is 1.79 bits per heavy atom. The molecule has 0 saturated carbocycles. The number of hydrogen-bond acceptors (Lipinski definition) is 4. The van der Waals surface area contributed by atoms with Gasteiger partial charge >= 0.3 is 12.1 Å². The average molecular weight is 486 g/mol. The highest BCUT2D eigenvalue weighted by Crippen LogP contribution is 2.15. The number of amides is 1. The third-order valence-corrected chi connectivity index (χ3v) is 5.26. The van der Waals surface area contributed by atoms with Crippen LogP contribution in [0.1, 0.15) is 16.1 Å². The zero-order chi connectivity index (χ0) is 24.0. The molecule has 8 nitrogen and oxygen atoms in total. The zero-order valence-electron chi connectivity index (χ0n) is 17.2. The number of rotatable bonds is 4. The molecule has 176 valence electrons. The number of nitrogens with one attached hydrogen (secondary N) is 3. The molecule has 0 atom stereocenters. The van der Waals surface area contributed by atoms with Crippen molar-refractivity contribution in [1.29, 1.82) is 0 Å². The number of carbonyl (C=O) groups excluding carboxylic acids is 2. The van der Waals surface area contributed by atoms with Crippen LogP contribution >= 0.6 is 11.6 Å². The van der Waals surface area contributed by atoms with Crippen LogP contribution in [-0.4, -0.2) is 49.3 Å². The lowest BCUT2D eigenvalue weighted by molar-refractivity contribution is -0.889. The molecule has 2 aromatic heterocycles. The van der Waals surface area contributed by atoms with Gasteiger partial charge in [-0.25, -0.2) is 4.90 Å². The van der Waals surface area contributed by atoms with E-state index in [2.05, 4.69) is 10.3 Å². The van der Waals surface area contributed by atoms with Gasteiger partial charge in [-0.3, -0.25) is 4.79 Å². The maximum Gasteiger partial charge on any atom is 0.457 e. The lowest BCUT2D eigenvalue weighted by Gasteiger charge is -2.18. The molecule has 0 spiro atoms. The van der Waals surface area contributed by atoms with E-state index >= 15 is 0 Å². The van der Waals surface area contributed by atoms with Gasteiger partial charge in [0.15, 0.2) is 5.52 Å². The molecule has 3 N–H and O–H groups in total. The van der Waals surface area contributed by atoms with Crippen LogP contribution in [0.4, 0.5) is 19.1 Å². The van der Waals surface area contributed by atoms with E-state index in [0.29, 0.717) is 17.3 Å². The van der Waals surface area contributed by atoms with E-state index in [0.717, 1.165) is 43.3 Å². The van der Waals surface area contributed by atoms with E-state index in [1.165, 1.54) is 4.90 Å². The largest absolute Gasteiger partial charge is 0.542 e. The molecule has 1 saturated heterocycles. The standard InChI is InChI=1S/C19H19ClN4O2.C2HF3O2/c20-15-6-2-1-5-14(15)13-21-18(25)17-16-7-3-4-8-24(16)19(22-17)23-9-11-26-12-10-23;3-2(4,5)1(6)7/h1-8H,9-13H2,(H,21,25);(H,6,7)/p+1. The molecule has 1 amide bonds. The molecule has 4 rings (SSSR count). The normalized spacial score (nSPS) is 14.4. The lowest BCUT2D eigenvalue weighted by Crippen LogP contribution is -3.11. The minimum absolute atomic E-state index is 0.146. The van der Waals surface area contributed by atoms with Crippen molar-refractivity contribution >= 4 is 34.9 Å². The Morgan fingerprint density at radius 1 is 1.15 bits per heavy atom. The van der Waals surface area contributed by atoms with Gasteiger partial charge < -0.3 is 20.0 Å². The Labute approximate surface area is 191 Å². The maximum absolute atomic E-state index is 12.8. The van der Waals surface area contributed by atoms with E-state index in [9.17, 15) is 18.0 Å². The van der Waals surface area contributed by atoms with Crippen LogP contribution in [0.3, 0.4) is 0 Å². The van der Waals surface area contributed by atoms with E-state index < -0.39 is 12.1 Å². The van der Waals surface area contributed by atoms with Crippen molar-refractivity contribution in [3.8, 4) is 0 Å². The Morgan fingerprint density at radius 3 is 2.42 bits per heavy atom. The molecule has 33 heavy (non-hydrogen) atoms. The van der Waals surface area contributed by atoms with Crippen LogP contribution in [0.25, 0.3) is 5.52 Å². The number of carbonyl (C=O) groups is 2. The fourth-order valence-electron chi connectivity index (χ4n) is 3.28. The molecular weight excluding hydrogens is 465 g/mol. The number of H-pyrrole nitrogens is 1. The summed E-state index contributed by atoms with van der Waals surface area (Å²) in [6.07, 6.45) is -3.21. The summed E-state index contributed by atoms with van der Waals surface area (Å²) in [6, 6.07) is 13.4. The number of halogens is 4. The fourth-order valence-corrected chi connectivity index (χ4v) is 3.48. The number of aliphatic carboxylic acids is 1. The lowest BCUT2D eigenvalue weighted by atomic mass is 10.2. The van der Waals surface area contributed by atoms with E-state index in [4.69, 9.17) is 26.2 Å². The molecular formula is C21H21ClF3N4O4+. The Bertz CT molecular complexity index is 1130. The van der Waals surface area contributed by atoms with E-state index in [-0.39, 0.29) is 5.91 Å². The van der Waals surface area contributed by atoms with Crippen LogP contribution < -0.4 is 19.7 Å². The number of hydrogen-bond donors (Lipinski definition) is 3. The molecule has 0 aliphatic carbocycles. The molecule has 0 bridgehead atoms. The number of benzene rings is 1. The number of morpholine rings is 1. The minimum Gasteiger partial charge on any atom is -0.542 e. The first-order valence-electron chi connectivity index (χ1n) is 9.93. The van der Waals surface area contributed by atoms with Crippen molar-refractivity contribution in [3.63, 3.8) is 0 Å². The third-order valence-electron chi connectivity index (χ3n) is 4.89. The van der Waals surface area contributed by atoms with Crippen molar-refractivity contribution in [2.75, 3.05) is 26.3 Å². The number of fused-ring (bicyclic) bond motifs is 1. The maximum atomic E-state index is 12.8. The molecule has 12 heteroatoms. The second-order valence-electron chi connectivity index (χ2n) is 7.08. The third kappa shape index (κ3) is 6.21. The van der Waals surface area contributed by atoms with Crippen LogP contribution in [0.5, 0.6) is 0 Å². The average Bonchev–Trinajstić information content (AvgIpc) is 3.19. The van der Waals surface area contributed by atoms with Gasteiger partial charge in [-0.2, -0.15) is 18.2 Å². The minimum atomic E-state index is -5.19. The van der Waals surface area contributed by atoms with Crippen molar-refractivity contribution in [2.45, 2.75) is 12.7 Å². The van der Waals surface area contributed by atoms with Gasteiger partial charge in [-0.05, 0) is 23.8 Å². The van der Waals surface area contributed by atoms with Crippen LogP contribution in [0.2, 0.25) is 5.02 Å². The quantitative estimate of drug-likeness (QED) is 0.459. The summed E-state index contributed by atoms with van der Waals surface area (Å²) in [5, 5.41) is 12.4. The Hall–Kier alpha value is -3.15. The molecule has 1 fully saturated rings. The van der Waals surface area contributed by atoms with Gasteiger partial charge in [-0.1, -0.05) is 35.9 Å². The first kappa shape index (κ1) is 24.5. The Balaban J connectivity index is 0.000000383. The highest BCUT2D eigenvalue weighted by molar-refractivity contribution is 6.31. The summed E-state index contributed by atoms with van der Waals surface area (Å²) in [5.41, 5.74) is 2.31. The second-order valence-corrected chi connectivity index (χ2v) is 7.49. The highest BCUT2D eigenvalue weighted by atomic mass is 35.5. The summed E-state index contributed by atoms with van der Waals surface area (Å²) in [5.74, 6) is -2.17. The summed E-state index contributed by atoms with van der Waals surface area (Å²) in [4.78, 5) is 26.2. The van der Waals surface area contributed by atoms with Crippen molar-refractivity contribution in [2.24, 2.45) is 0 Å². The number of ether oxygens (including phenoxy) is 1. The van der Waals surface area contributed by atoms with Crippen LogP contribution in [0, 0.1) is 0 Å². The highest BCUT2D eigenvalue weighted by Gasteiger charge is 2.32. The van der Waals surface area contributed by atoms with E-state index in [1.807, 2.05) is 53.1 Å². The molecule has 3 aromatic rings. The van der Waals surface area contributed by atoms with Gasteiger partial charge in [0.05, 0.1) is 13.2 Å². The predicted octanol–water partition coefficient (Wildman–Crippen LogP) is 0.182. The van der Waals surface area contributed by atoms with Gasteiger partial charge in [-0.15, -0.1) is 4.40 Å². The molecule has 0 radical (unpaired) electrons. The molecule has 3 heterocycles. The van der Waals surface area contributed by atoms with Crippen LogP contribution in [-0.2, 0) is 16.1 Å². The number of carboxylic acids is 1. The molecule has 0 unspecified atom stereocenters. The number of nitrogens with zero attached hydrogens (tertiary/aromatic N) is 1. The Kier molecular flexibility index (Phi) is 7.90. The monoisotopic (exact) mass is 485 g/mol. The first-order valence-corrected chi connectivity index (χ1v) is 10.3.